The Morgan fingerprint density at radius 3 is 2.59 bits per heavy atom. The highest BCUT2D eigenvalue weighted by Gasteiger charge is 2.10. The predicted octanol–water partition coefficient (Wildman–Crippen LogP) is 4.86. The minimum absolute atomic E-state index is 0.293. The molecule has 0 atom stereocenters. The first-order chi connectivity index (χ1) is 10.5. The van der Waals surface area contributed by atoms with Crippen LogP contribution in [-0.4, -0.2) is 5.91 Å². The smallest absolute Gasteiger partial charge is 0.217 e. The maximum absolute atomic E-state index is 10.8. The summed E-state index contributed by atoms with van der Waals surface area (Å²) in [6.45, 7) is 0.415. The summed E-state index contributed by atoms with van der Waals surface area (Å²) in [7, 11) is 0. The number of nitrogens with two attached hydrogens (primary N) is 1. The topological polar surface area (TPSA) is 52.3 Å². The predicted molar refractivity (Wildman–Crippen MR) is 95.1 cm³/mol. The Bertz CT molecular complexity index is 669. The Morgan fingerprint density at radius 2 is 1.95 bits per heavy atom. The number of rotatable bonds is 6. The lowest BCUT2D eigenvalue weighted by Gasteiger charge is -2.12. The maximum Gasteiger partial charge on any atom is 0.217 e. The fourth-order valence-electron chi connectivity index (χ4n) is 1.94. The Hall–Kier alpha value is -1.04. The second-order valence-electron chi connectivity index (χ2n) is 4.77. The molecule has 2 N–H and O–H groups in total. The molecular formula is C16H14Br2ClNO2. The van der Waals surface area contributed by atoms with Crippen LogP contribution in [0.3, 0.4) is 0 Å². The Labute approximate surface area is 151 Å². The summed E-state index contributed by atoms with van der Waals surface area (Å²) in [6, 6.07) is 11.6. The fourth-order valence-corrected chi connectivity index (χ4v) is 3.42. The lowest BCUT2D eigenvalue weighted by Crippen LogP contribution is -2.11. The van der Waals surface area contributed by atoms with Gasteiger partial charge >= 0.3 is 0 Å². The van der Waals surface area contributed by atoms with Crippen LogP contribution in [0.4, 0.5) is 0 Å². The summed E-state index contributed by atoms with van der Waals surface area (Å²) in [5, 5.41) is 0.504. The van der Waals surface area contributed by atoms with E-state index in [1.54, 1.807) is 6.07 Å². The molecule has 0 saturated heterocycles. The third kappa shape index (κ3) is 5.00. The van der Waals surface area contributed by atoms with Crippen LogP contribution in [0.15, 0.2) is 45.3 Å². The van der Waals surface area contributed by atoms with Gasteiger partial charge in [0.05, 0.1) is 9.50 Å². The van der Waals surface area contributed by atoms with E-state index in [2.05, 4.69) is 31.9 Å². The maximum atomic E-state index is 10.8. The van der Waals surface area contributed by atoms with Crippen LogP contribution in [0.25, 0.3) is 0 Å². The van der Waals surface area contributed by atoms with Gasteiger partial charge in [-0.3, -0.25) is 4.79 Å². The van der Waals surface area contributed by atoms with Gasteiger partial charge in [0.2, 0.25) is 5.91 Å². The molecule has 2 rings (SSSR count). The zero-order valence-corrected chi connectivity index (χ0v) is 15.5. The molecule has 3 nitrogen and oxygen atoms in total. The quantitative estimate of drug-likeness (QED) is 0.688. The van der Waals surface area contributed by atoms with Gasteiger partial charge in [-0.25, -0.2) is 0 Å². The van der Waals surface area contributed by atoms with Crippen molar-refractivity contribution in [3.05, 3.63) is 61.5 Å². The van der Waals surface area contributed by atoms with E-state index in [1.807, 2.05) is 30.3 Å². The zero-order valence-electron chi connectivity index (χ0n) is 11.6. The first-order valence-electron chi connectivity index (χ1n) is 6.59. The average molecular weight is 448 g/mol. The molecule has 0 unspecified atom stereocenters. The minimum atomic E-state index is -0.331. The Kier molecular flexibility index (Phi) is 6.29. The third-order valence-corrected chi connectivity index (χ3v) is 4.35. The normalized spacial score (nSPS) is 10.5. The molecule has 0 saturated carbocycles. The molecule has 0 aliphatic carbocycles. The van der Waals surface area contributed by atoms with Crippen molar-refractivity contribution in [1.29, 1.82) is 0 Å². The average Bonchev–Trinajstić information content (AvgIpc) is 2.44. The molecule has 0 bridgehead atoms. The lowest BCUT2D eigenvalue weighted by atomic mass is 10.1. The number of amides is 1. The molecule has 0 heterocycles. The van der Waals surface area contributed by atoms with Crippen molar-refractivity contribution in [2.24, 2.45) is 5.73 Å². The molecule has 0 aliphatic heterocycles. The highest BCUT2D eigenvalue weighted by molar-refractivity contribution is 9.10. The summed E-state index contributed by atoms with van der Waals surface area (Å²) in [5.41, 5.74) is 7.13. The number of hydrogen-bond donors (Lipinski definition) is 1. The van der Waals surface area contributed by atoms with Gasteiger partial charge in [0.1, 0.15) is 6.61 Å². The van der Waals surface area contributed by atoms with Gasteiger partial charge in [-0.05, 0) is 57.7 Å². The molecule has 0 radical (unpaired) electrons. The summed E-state index contributed by atoms with van der Waals surface area (Å²) in [5.74, 6) is 0.256. The molecule has 2 aromatic rings. The summed E-state index contributed by atoms with van der Waals surface area (Å²) in [6.07, 6.45) is 0.848. The molecule has 0 aromatic heterocycles. The molecule has 22 heavy (non-hydrogen) atoms. The molecule has 1 amide bonds. The first-order valence-corrected chi connectivity index (χ1v) is 8.55. The van der Waals surface area contributed by atoms with Crippen LogP contribution < -0.4 is 10.5 Å². The van der Waals surface area contributed by atoms with Crippen LogP contribution in [0.1, 0.15) is 17.5 Å². The molecule has 116 valence electrons. The summed E-state index contributed by atoms with van der Waals surface area (Å²) >= 11 is 13.2. The van der Waals surface area contributed by atoms with Crippen LogP contribution >= 0.6 is 43.5 Å². The third-order valence-electron chi connectivity index (χ3n) is 2.99. The highest BCUT2D eigenvalue weighted by Crippen LogP contribution is 2.35. The number of benzene rings is 2. The molecule has 2 aromatic carbocycles. The van der Waals surface area contributed by atoms with Crippen LogP contribution in [0.2, 0.25) is 5.02 Å². The number of primary amides is 1. The van der Waals surface area contributed by atoms with Crippen molar-refractivity contribution in [1.82, 2.24) is 0 Å². The number of carbonyl (C=O) groups excluding carboxylic acids is 1. The standard InChI is InChI=1S/C16H14Br2ClNO2/c17-12-3-1-2-11(6-12)9-22-16-13(18)7-10(8-14(16)19)4-5-15(20)21/h1-3,6-8H,4-5,9H2,(H2,20,21). The largest absolute Gasteiger partial charge is 0.486 e. The highest BCUT2D eigenvalue weighted by atomic mass is 79.9. The van der Waals surface area contributed by atoms with Gasteiger partial charge in [0.15, 0.2) is 5.75 Å². The lowest BCUT2D eigenvalue weighted by molar-refractivity contribution is -0.117. The number of carbonyl (C=O) groups is 1. The van der Waals surface area contributed by atoms with E-state index in [4.69, 9.17) is 22.1 Å². The van der Waals surface area contributed by atoms with Crippen molar-refractivity contribution in [2.45, 2.75) is 19.4 Å². The van der Waals surface area contributed by atoms with Crippen LogP contribution in [-0.2, 0) is 17.8 Å². The minimum Gasteiger partial charge on any atom is -0.486 e. The molecular weight excluding hydrogens is 433 g/mol. The van der Waals surface area contributed by atoms with Crippen molar-refractivity contribution >= 4 is 49.4 Å². The van der Waals surface area contributed by atoms with E-state index in [0.717, 1.165) is 20.1 Å². The molecule has 0 fully saturated rings. The Morgan fingerprint density at radius 1 is 1.18 bits per heavy atom. The van der Waals surface area contributed by atoms with Crippen molar-refractivity contribution < 1.29 is 9.53 Å². The van der Waals surface area contributed by atoms with E-state index in [1.165, 1.54) is 0 Å². The van der Waals surface area contributed by atoms with Gasteiger partial charge in [-0.1, -0.05) is 39.7 Å². The van der Waals surface area contributed by atoms with Gasteiger partial charge in [0, 0.05) is 10.9 Å². The first kappa shape index (κ1) is 17.3. The zero-order chi connectivity index (χ0) is 16.1. The number of aryl methyl sites for hydroxylation is 1. The van der Waals surface area contributed by atoms with Crippen LogP contribution in [0.5, 0.6) is 5.75 Å². The van der Waals surface area contributed by atoms with Crippen molar-refractivity contribution in [3.63, 3.8) is 0 Å². The van der Waals surface area contributed by atoms with E-state index < -0.39 is 0 Å². The Balaban J connectivity index is 2.09. The fraction of sp³-hybridized carbons (Fsp3) is 0.188. The van der Waals surface area contributed by atoms with E-state index in [9.17, 15) is 4.79 Å². The second kappa shape index (κ2) is 7.99. The molecule has 0 aliphatic rings. The van der Waals surface area contributed by atoms with E-state index >= 15 is 0 Å². The van der Waals surface area contributed by atoms with Gasteiger partial charge in [-0.15, -0.1) is 0 Å². The SMILES string of the molecule is NC(=O)CCc1cc(Cl)c(OCc2cccc(Br)c2)c(Br)c1. The van der Waals surface area contributed by atoms with E-state index in [-0.39, 0.29) is 5.91 Å². The second-order valence-corrected chi connectivity index (χ2v) is 6.95. The van der Waals surface area contributed by atoms with Gasteiger partial charge < -0.3 is 10.5 Å². The van der Waals surface area contributed by atoms with Crippen LogP contribution in [0, 0.1) is 0 Å². The van der Waals surface area contributed by atoms with Crippen molar-refractivity contribution in [2.75, 3.05) is 0 Å². The van der Waals surface area contributed by atoms with Gasteiger partial charge in [-0.2, -0.15) is 0 Å². The monoisotopic (exact) mass is 445 g/mol. The summed E-state index contributed by atoms with van der Waals surface area (Å²) in [4.78, 5) is 10.8. The van der Waals surface area contributed by atoms with Crippen molar-refractivity contribution in [3.8, 4) is 5.75 Å². The summed E-state index contributed by atoms with van der Waals surface area (Å²) < 4.78 is 7.56. The number of ether oxygens (including phenoxy) is 1. The van der Waals surface area contributed by atoms with E-state index in [0.29, 0.717) is 30.2 Å². The van der Waals surface area contributed by atoms with Gasteiger partial charge in [0.25, 0.3) is 0 Å². The molecule has 0 spiro atoms. The molecule has 6 heteroatoms. The number of halogens is 3. The number of hydrogen-bond acceptors (Lipinski definition) is 2.